The van der Waals surface area contributed by atoms with Crippen molar-refractivity contribution in [3.63, 3.8) is 0 Å². The summed E-state index contributed by atoms with van der Waals surface area (Å²) in [5.41, 5.74) is -1.57. The first-order valence-electron chi connectivity index (χ1n) is 10.2. The van der Waals surface area contributed by atoms with Crippen molar-refractivity contribution in [1.29, 1.82) is 0 Å². The molecule has 1 fully saturated rings. The molecule has 9 heteroatoms. The van der Waals surface area contributed by atoms with E-state index in [4.69, 9.17) is 9.47 Å². The fourth-order valence-corrected chi connectivity index (χ4v) is 4.35. The van der Waals surface area contributed by atoms with Crippen molar-refractivity contribution in [2.75, 3.05) is 20.8 Å². The van der Waals surface area contributed by atoms with Crippen LogP contribution < -0.4 is 0 Å². The summed E-state index contributed by atoms with van der Waals surface area (Å²) in [5, 5.41) is 0. The van der Waals surface area contributed by atoms with Crippen LogP contribution in [-0.2, 0) is 30.0 Å². The average molecular weight is 443 g/mol. The van der Waals surface area contributed by atoms with Gasteiger partial charge in [-0.05, 0) is 37.5 Å². The van der Waals surface area contributed by atoms with Crippen LogP contribution in [0.15, 0.2) is 24.3 Å². The maximum atomic E-state index is 13.0. The van der Waals surface area contributed by atoms with Crippen molar-refractivity contribution in [3.05, 3.63) is 35.4 Å². The van der Waals surface area contributed by atoms with Crippen LogP contribution in [0, 0.1) is 5.41 Å². The molecule has 1 atom stereocenters. The molecule has 1 saturated carbocycles. The largest absolute Gasteiger partial charge is 0.469 e. The maximum absolute atomic E-state index is 13.0. The molecule has 1 unspecified atom stereocenters. The molecule has 172 valence electrons. The molecular weight excluding hydrogens is 415 g/mol. The van der Waals surface area contributed by atoms with Crippen molar-refractivity contribution >= 4 is 17.8 Å². The Hall–Kier alpha value is -2.58. The summed E-state index contributed by atoms with van der Waals surface area (Å²) in [6.07, 6.45) is -1.87. The van der Waals surface area contributed by atoms with Crippen LogP contribution in [-0.4, -0.2) is 43.5 Å². The topological polar surface area (TPSA) is 72.9 Å². The van der Waals surface area contributed by atoms with E-state index < -0.39 is 47.5 Å². The van der Waals surface area contributed by atoms with E-state index in [-0.39, 0.29) is 6.61 Å². The highest BCUT2D eigenvalue weighted by atomic mass is 19.4. The molecule has 1 amide bonds. The van der Waals surface area contributed by atoms with E-state index in [0.717, 1.165) is 18.6 Å². The molecule has 1 aliphatic carbocycles. The number of halogens is 3. The van der Waals surface area contributed by atoms with E-state index in [1.165, 1.54) is 31.2 Å². The van der Waals surface area contributed by atoms with Crippen LogP contribution in [0.4, 0.5) is 13.2 Å². The monoisotopic (exact) mass is 443 g/mol. The molecule has 0 radical (unpaired) electrons. The summed E-state index contributed by atoms with van der Waals surface area (Å²) in [6.45, 7) is 1.73. The van der Waals surface area contributed by atoms with Gasteiger partial charge >= 0.3 is 18.1 Å². The lowest BCUT2D eigenvalue weighted by Gasteiger charge is -2.45. The molecule has 0 N–H and O–H groups in total. The second-order valence-electron chi connectivity index (χ2n) is 7.72. The van der Waals surface area contributed by atoms with E-state index in [9.17, 15) is 27.6 Å². The number of carbonyl (C=O) groups is 3. The molecule has 0 bridgehead atoms. The summed E-state index contributed by atoms with van der Waals surface area (Å²) in [6, 6.07) is 3.53. The summed E-state index contributed by atoms with van der Waals surface area (Å²) in [4.78, 5) is 38.9. The van der Waals surface area contributed by atoms with Gasteiger partial charge in [-0.3, -0.25) is 14.4 Å². The number of amides is 1. The van der Waals surface area contributed by atoms with E-state index in [2.05, 4.69) is 0 Å². The quantitative estimate of drug-likeness (QED) is 0.465. The van der Waals surface area contributed by atoms with Gasteiger partial charge in [0.1, 0.15) is 6.42 Å². The second-order valence-corrected chi connectivity index (χ2v) is 7.72. The van der Waals surface area contributed by atoms with E-state index in [0.29, 0.717) is 31.2 Å². The minimum Gasteiger partial charge on any atom is -0.469 e. The molecule has 31 heavy (non-hydrogen) atoms. The molecule has 0 spiro atoms. The number of benzene rings is 1. The Morgan fingerprint density at radius 3 is 2.16 bits per heavy atom. The Morgan fingerprint density at radius 1 is 1.10 bits per heavy atom. The highest BCUT2D eigenvalue weighted by Crippen LogP contribution is 2.50. The van der Waals surface area contributed by atoms with Crippen LogP contribution in [0.25, 0.3) is 0 Å². The zero-order chi connectivity index (χ0) is 23.2. The van der Waals surface area contributed by atoms with Crippen LogP contribution in [0.5, 0.6) is 0 Å². The minimum atomic E-state index is -4.51. The molecule has 0 aromatic heterocycles. The van der Waals surface area contributed by atoms with Gasteiger partial charge in [0.15, 0.2) is 0 Å². The zero-order valence-electron chi connectivity index (χ0n) is 18.0. The standard InChI is InChI=1S/C22H28F3NO5/c1-4-31-18(28)14-17(27)26(2)19(15-8-10-16(11-9-15)22(23,24)25)21(20(29)30-3)12-6-5-7-13-21/h8-11,19H,4-7,12-14H2,1-3H3. The zero-order valence-corrected chi connectivity index (χ0v) is 18.0. The lowest BCUT2D eigenvalue weighted by molar-refractivity contribution is -0.163. The first-order chi connectivity index (χ1) is 14.6. The highest BCUT2D eigenvalue weighted by molar-refractivity contribution is 5.94. The van der Waals surface area contributed by atoms with Gasteiger partial charge in [-0.1, -0.05) is 31.4 Å². The fourth-order valence-electron chi connectivity index (χ4n) is 4.35. The number of rotatable bonds is 7. The van der Waals surface area contributed by atoms with Gasteiger partial charge in [-0.25, -0.2) is 0 Å². The van der Waals surface area contributed by atoms with Crippen molar-refractivity contribution in [3.8, 4) is 0 Å². The van der Waals surface area contributed by atoms with Gasteiger partial charge in [-0.15, -0.1) is 0 Å². The van der Waals surface area contributed by atoms with Gasteiger partial charge < -0.3 is 14.4 Å². The Labute approximate surface area is 179 Å². The molecule has 0 heterocycles. The molecule has 1 aromatic rings. The van der Waals surface area contributed by atoms with Crippen molar-refractivity contribution in [2.24, 2.45) is 5.41 Å². The Kier molecular flexibility index (Phi) is 8.08. The normalized spacial score (nSPS) is 16.8. The third-order valence-corrected chi connectivity index (χ3v) is 5.80. The summed E-state index contributed by atoms with van der Waals surface area (Å²) in [7, 11) is 2.70. The Morgan fingerprint density at radius 2 is 1.68 bits per heavy atom. The first kappa shape index (κ1) is 24.7. The maximum Gasteiger partial charge on any atom is 0.416 e. The molecule has 0 aliphatic heterocycles. The number of hydrogen-bond acceptors (Lipinski definition) is 5. The van der Waals surface area contributed by atoms with Crippen LogP contribution in [0.1, 0.15) is 62.6 Å². The van der Waals surface area contributed by atoms with Gasteiger partial charge in [0.25, 0.3) is 0 Å². The molecule has 6 nitrogen and oxygen atoms in total. The van der Waals surface area contributed by atoms with Crippen molar-refractivity contribution in [1.82, 2.24) is 4.90 Å². The molecule has 2 rings (SSSR count). The number of hydrogen-bond donors (Lipinski definition) is 0. The van der Waals surface area contributed by atoms with Gasteiger partial charge in [0, 0.05) is 7.05 Å². The van der Waals surface area contributed by atoms with Gasteiger partial charge in [-0.2, -0.15) is 13.2 Å². The Bertz CT molecular complexity index is 785. The van der Waals surface area contributed by atoms with Crippen molar-refractivity contribution in [2.45, 2.75) is 57.7 Å². The molecule has 1 aliphatic rings. The molecule has 0 saturated heterocycles. The number of ether oxygens (including phenoxy) is 2. The van der Waals surface area contributed by atoms with Crippen LogP contribution >= 0.6 is 0 Å². The van der Waals surface area contributed by atoms with Crippen LogP contribution in [0.2, 0.25) is 0 Å². The highest BCUT2D eigenvalue weighted by Gasteiger charge is 2.51. The predicted molar refractivity (Wildman–Crippen MR) is 106 cm³/mol. The summed E-state index contributed by atoms with van der Waals surface area (Å²) in [5.74, 6) is -1.81. The van der Waals surface area contributed by atoms with Gasteiger partial charge in [0.2, 0.25) is 5.91 Å². The smallest absolute Gasteiger partial charge is 0.416 e. The van der Waals surface area contributed by atoms with Crippen LogP contribution in [0.3, 0.4) is 0 Å². The van der Waals surface area contributed by atoms with E-state index >= 15 is 0 Å². The van der Waals surface area contributed by atoms with E-state index in [1.807, 2.05) is 0 Å². The lowest BCUT2D eigenvalue weighted by Crippen LogP contribution is -2.48. The predicted octanol–water partition coefficient (Wildman–Crippen LogP) is 4.28. The number of nitrogens with zero attached hydrogens (tertiary/aromatic N) is 1. The lowest BCUT2D eigenvalue weighted by atomic mass is 9.66. The first-order valence-corrected chi connectivity index (χ1v) is 10.2. The third-order valence-electron chi connectivity index (χ3n) is 5.80. The fraction of sp³-hybridized carbons (Fsp3) is 0.591. The SMILES string of the molecule is CCOC(=O)CC(=O)N(C)C(c1ccc(C(F)(F)F)cc1)C1(C(=O)OC)CCCCC1. The Balaban J connectivity index is 2.51. The number of carbonyl (C=O) groups excluding carboxylic acids is 3. The average Bonchev–Trinajstić information content (AvgIpc) is 2.73. The number of esters is 2. The number of methoxy groups -OCH3 is 1. The third kappa shape index (κ3) is 5.57. The minimum absolute atomic E-state index is 0.115. The van der Waals surface area contributed by atoms with Crippen molar-refractivity contribution < 1.29 is 37.0 Å². The number of alkyl halides is 3. The van der Waals surface area contributed by atoms with E-state index in [1.54, 1.807) is 6.92 Å². The van der Waals surface area contributed by atoms with Gasteiger partial charge in [0.05, 0.1) is 30.7 Å². The molecule has 1 aromatic carbocycles. The summed E-state index contributed by atoms with van der Waals surface area (Å²) >= 11 is 0. The second kappa shape index (κ2) is 10.2. The molecular formula is C22H28F3NO5. The summed E-state index contributed by atoms with van der Waals surface area (Å²) < 4.78 is 49.1.